The van der Waals surface area contributed by atoms with E-state index in [-0.39, 0.29) is 17.6 Å². The molecule has 0 bridgehead atoms. The first-order valence-electron chi connectivity index (χ1n) is 4.63. The first kappa shape index (κ1) is 11.6. The Morgan fingerprint density at radius 1 is 1.47 bits per heavy atom. The van der Waals surface area contributed by atoms with Crippen LogP contribution in [0.4, 0.5) is 10.1 Å². The summed E-state index contributed by atoms with van der Waals surface area (Å²) in [6, 6.07) is 3.16. The van der Waals surface area contributed by atoms with Crippen LogP contribution in [0.25, 0.3) is 0 Å². The lowest BCUT2D eigenvalue weighted by Crippen LogP contribution is -2.23. The average molecular weight is 212 g/mol. The van der Waals surface area contributed by atoms with Gasteiger partial charge in [0.15, 0.2) is 0 Å². The summed E-state index contributed by atoms with van der Waals surface area (Å²) in [5, 5.41) is 10.7. The van der Waals surface area contributed by atoms with E-state index in [1.54, 1.807) is 13.8 Å². The van der Waals surface area contributed by atoms with Gasteiger partial charge in [-0.3, -0.25) is 10.1 Å². The summed E-state index contributed by atoms with van der Waals surface area (Å²) in [7, 11) is 0. The van der Waals surface area contributed by atoms with Crippen molar-refractivity contribution >= 4 is 5.69 Å². The van der Waals surface area contributed by atoms with Crippen LogP contribution in [-0.4, -0.2) is 11.0 Å². The first-order chi connectivity index (χ1) is 6.93. The van der Waals surface area contributed by atoms with E-state index in [0.29, 0.717) is 5.56 Å². The molecule has 0 spiro atoms. The Morgan fingerprint density at radius 2 is 2.07 bits per heavy atom. The van der Waals surface area contributed by atoms with Gasteiger partial charge in [0, 0.05) is 23.6 Å². The second-order valence-corrected chi connectivity index (χ2v) is 3.61. The van der Waals surface area contributed by atoms with E-state index in [1.165, 1.54) is 12.1 Å². The van der Waals surface area contributed by atoms with Gasteiger partial charge in [0.2, 0.25) is 0 Å². The Kier molecular flexibility index (Phi) is 3.36. The fourth-order valence-corrected chi connectivity index (χ4v) is 1.34. The highest BCUT2D eigenvalue weighted by Gasteiger charge is 2.21. The van der Waals surface area contributed by atoms with E-state index in [9.17, 15) is 14.5 Å². The van der Waals surface area contributed by atoms with Crippen LogP contribution in [0.5, 0.6) is 0 Å². The Hall–Kier alpha value is -1.49. The Balaban J connectivity index is 3.24. The molecule has 0 saturated carbocycles. The normalized spacial score (nSPS) is 14.7. The van der Waals surface area contributed by atoms with Crippen molar-refractivity contribution in [3.63, 3.8) is 0 Å². The predicted octanol–water partition coefficient (Wildman–Crippen LogP) is 2.18. The van der Waals surface area contributed by atoms with E-state index in [1.807, 2.05) is 0 Å². The van der Waals surface area contributed by atoms with Crippen molar-refractivity contribution in [2.45, 2.75) is 25.8 Å². The highest BCUT2D eigenvalue weighted by Crippen LogP contribution is 2.28. The number of nitrogens with zero attached hydrogens (tertiary/aromatic N) is 1. The molecule has 82 valence electrons. The maximum atomic E-state index is 13.0. The maximum absolute atomic E-state index is 13.0. The average Bonchev–Trinajstić information content (AvgIpc) is 2.15. The molecule has 0 aromatic heterocycles. The van der Waals surface area contributed by atoms with E-state index in [2.05, 4.69) is 0 Å². The van der Waals surface area contributed by atoms with Crippen molar-refractivity contribution in [1.82, 2.24) is 0 Å². The lowest BCUT2D eigenvalue weighted by atomic mass is 9.93. The number of nitrogens with two attached hydrogens (primary N) is 1. The molecule has 0 aliphatic carbocycles. The van der Waals surface area contributed by atoms with Crippen LogP contribution in [0.15, 0.2) is 18.2 Å². The number of rotatable bonds is 3. The number of halogens is 1. The second-order valence-electron chi connectivity index (χ2n) is 3.61. The van der Waals surface area contributed by atoms with Gasteiger partial charge >= 0.3 is 0 Å². The molecule has 0 aliphatic rings. The van der Waals surface area contributed by atoms with Crippen LogP contribution in [0.3, 0.4) is 0 Å². The maximum Gasteiger partial charge on any atom is 0.273 e. The van der Waals surface area contributed by atoms with Gasteiger partial charge in [-0.05, 0) is 19.1 Å². The highest BCUT2D eigenvalue weighted by atomic mass is 19.1. The van der Waals surface area contributed by atoms with Crippen LogP contribution in [-0.2, 0) is 0 Å². The van der Waals surface area contributed by atoms with E-state index in [0.717, 1.165) is 6.07 Å². The summed E-state index contributed by atoms with van der Waals surface area (Å²) in [6.07, 6.45) is 0. The molecule has 15 heavy (non-hydrogen) atoms. The molecular weight excluding hydrogens is 199 g/mol. The molecule has 0 radical (unpaired) electrons. The molecule has 0 heterocycles. The van der Waals surface area contributed by atoms with E-state index >= 15 is 0 Å². The number of benzene rings is 1. The van der Waals surface area contributed by atoms with Crippen molar-refractivity contribution in [1.29, 1.82) is 0 Å². The lowest BCUT2D eigenvalue weighted by molar-refractivity contribution is -0.385. The lowest BCUT2D eigenvalue weighted by Gasteiger charge is -2.15. The van der Waals surface area contributed by atoms with Gasteiger partial charge in [-0.25, -0.2) is 4.39 Å². The fourth-order valence-electron chi connectivity index (χ4n) is 1.34. The summed E-state index contributed by atoms with van der Waals surface area (Å²) in [5.74, 6) is -0.732. The third kappa shape index (κ3) is 2.50. The van der Waals surface area contributed by atoms with Crippen molar-refractivity contribution in [2.75, 3.05) is 0 Å². The Bertz CT molecular complexity index is 380. The molecule has 0 amide bonds. The topological polar surface area (TPSA) is 69.2 Å². The molecule has 2 atom stereocenters. The molecule has 1 aromatic rings. The van der Waals surface area contributed by atoms with E-state index in [4.69, 9.17) is 5.73 Å². The van der Waals surface area contributed by atoms with Crippen LogP contribution in [0, 0.1) is 15.9 Å². The van der Waals surface area contributed by atoms with Gasteiger partial charge in [-0.15, -0.1) is 0 Å². The SMILES string of the molecule is CC(N)C(C)c1cc(F)ccc1[N+](=O)[O-]. The number of hydrogen-bond donors (Lipinski definition) is 1. The standard InChI is InChI=1S/C10H13FN2O2/c1-6(7(2)12)9-5-8(11)3-4-10(9)13(14)15/h3-7H,12H2,1-2H3. The van der Waals surface area contributed by atoms with Crippen LogP contribution >= 0.6 is 0 Å². The minimum Gasteiger partial charge on any atom is -0.327 e. The Labute approximate surface area is 87.0 Å². The first-order valence-corrected chi connectivity index (χ1v) is 4.63. The predicted molar refractivity (Wildman–Crippen MR) is 55.1 cm³/mol. The van der Waals surface area contributed by atoms with Gasteiger partial charge in [-0.2, -0.15) is 0 Å². The number of nitro benzene ring substituents is 1. The molecule has 4 nitrogen and oxygen atoms in total. The summed E-state index contributed by atoms with van der Waals surface area (Å²) in [6.45, 7) is 3.48. The van der Waals surface area contributed by atoms with Gasteiger partial charge in [0.25, 0.3) is 5.69 Å². The molecule has 2 N–H and O–H groups in total. The van der Waals surface area contributed by atoms with Gasteiger partial charge < -0.3 is 5.73 Å². The molecule has 0 fully saturated rings. The monoisotopic (exact) mass is 212 g/mol. The van der Waals surface area contributed by atoms with E-state index < -0.39 is 10.7 Å². The molecule has 1 rings (SSSR count). The molecule has 5 heteroatoms. The van der Waals surface area contributed by atoms with Crippen LogP contribution in [0.2, 0.25) is 0 Å². The zero-order valence-electron chi connectivity index (χ0n) is 8.61. The summed E-state index contributed by atoms with van der Waals surface area (Å²) >= 11 is 0. The summed E-state index contributed by atoms with van der Waals surface area (Å²) in [5.41, 5.74) is 5.90. The third-order valence-electron chi connectivity index (χ3n) is 2.47. The summed E-state index contributed by atoms with van der Waals surface area (Å²) < 4.78 is 13.0. The van der Waals surface area contributed by atoms with Crippen molar-refractivity contribution in [2.24, 2.45) is 5.73 Å². The van der Waals surface area contributed by atoms with Gasteiger partial charge in [-0.1, -0.05) is 6.92 Å². The second kappa shape index (κ2) is 4.35. The highest BCUT2D eigenvalue weighted by molar-refractivity contribution is 5.43. The fraction of sp³-hybridized carbons (Fsp3) is 0.400. The summed E-state index contributed by atoms with van der Waals surface area (Å²) in [4.78, 5) is 10.2. The van der Waals surface area contributed by atoms with Crippen molar-refractivity contribution in [3.8, 4) is 0 Å². The quantitative estimate of drug-likeness (QED) is 0.616. The zero-order chi connectivity index (χ0) is 11.6. The molecule has 2 unspecified atom stereocenters. The minimum absolute atomic E-state index is 0.0822. The molecular formula is C10H13FN2O2. The third-order valence-corrected chi connectivity index (χ3v) is 2.47. The molecule has 0 saturated heterocycles. The minimum atomic E-state index is -0.520. The van der Waals surface area contributed by atoms with Gasteiger partial charge in [0.1, 0.15) is 5.82 Å². The zero-order valence-corrected chi connectivity index (χ0v) is 8.61. The largest absolute Gasteiger partial charge is 0.327 e. The molecule has 0 aliphatic heterocycles. The smallest absolute Gasteiger partial charge is 0.273 e. The van der Waals surface area contributed by atoms with Crippen LogP contribution in [0.1, 0.15) is 25.3 Å². The Morgan fingerprint density at radius 3 is 2.53 bits per heavy atom. The van der Waals surface area contributed by atoms with Crippen LogP contribution < -0.4 is 5.73 Å². The molecule has 1 aromatic carbocycles. The van der Waals surface area contributed by atoms with Crippen molar-refractivity contribution in [3.05, 3.63) is 39.7 Å². The van der Waals surface area contributed by atoms with Crippen molar-refractivity contribution < 1.29 is 9.31 Å². The number of hydrogen-bond acceptors (Lipinski definition) is 3. The van der Waals surface area contributed by atoms with Gasteiger partial charge in [0.05, 0.1) is 4.92 Å². The number of nitro groups is 1.